The highest BCUT2D eigenvalue weighted by atomic mass is 16.5. The van der Waals surface area contributed by atoms with Gasteiger partial charge in [-0.25, -0.2) is 4.68 Å². The molecule has 0 amide bonds. The summed E-state index contributed by atoms with van der Waals surface area (Å²) < 4.78 is 6.69. The number of piperidine rings is 1. The Kier molecular flexibility index (Phi) is 4.84. The zero-order valence-corrected chi connectivity index (χ0v) is 11.6. The molecule has 0 radical (unpaired) electrons. The number of methoxy groups -OCH3 is 1. The van der Waals surface area contributed by atoms with Crippen molar-refractivity contribution in [3.63, 3.8) is 0 Å². The third kappa shape index (κ3) is 3.28. The van der Waals surface area contributed by atoms with Crippen molar-refractivity contribution < 1.29 is 9.53 Å². The van der Waals surface area contributed by atoms with Crippen LogP contribution in [0.5, 0.6) is 0 Å². The molecule has 1 unspecified atom stereocenters. The highest BCUT2D eigenvalue weighted by molar-refractivity contribution is 5.75. The van der Waals surface area contributed by atoms with Gasteiger partial charge in [0.15, 0.2) is 5.82 Å². The lowest BCUT2D eigenvalue weighted by Crippen LogP contribution is -2.45. The number of esters is 1. The number of carbonyl (C=O) groups is 1. The van der Waals surface area contributed by atoms with Gasteiger partial charge < -0.3 is 4.74 Å². The van der Waals surface area contributed by atoms with Crippen molar-refractivity contribution in [2.45, 2.75) is 51.7 Å². The summed E-state index contributed by atoms with van der Waals surface area (Å²) in [6, 6.07) is -0.162. The number of hydrogen-bond donors (Lipinski definition) is 0. The lowest BCUT2D eigenvalue weighted by atomic mass is 10.0. The van der Waals surface area contributed by atoms with E-state index in [0.29, 0.717) is 6.54 Å². The molecule has 1 aromatic rings. The van der Waals surface area contributed by atoms with Gasteiger partial charge in [0.25, 0.3) is 0 Å². The summed E-state index contributed by atoms with van der Waals surface area (Å²) in [5.41, 5.74) is 0. The first-order valence-corrected chi connectivity index (χ1v) is 6.83. The minimum Gasteiger partial charge on any atom is -0.468 e. The Morgan fingerprint density at radius 3 is 3.05 bits per heavy atom. The predicted molar refractivity (Wildman–Crippen MR) is 68.2 cm³/mol. The van der Waals surface area contributed by atoms with E-state index in [1.807, 2.05) is 4.68 Å². The fourth-order valence-corrected chi connectivity index (χ4v) is 2.49. The summed E-state index contributed by atoms with van der Waals surface area (Å²) in [4.78, 5) is 13.9. The molecule has 0 bridgehead atoms. The minimum absolute atomic E-state index is 0.158. The van der Waals surface area contributed by atoms with Crippen LogP contribution in [-0.4, -0.2) is 50.8 Å². The maximum Gasteiger partial charge on any atom is 0.323 e. The fraction of sp³-hybridized carbons (Fsp3) is 0.833. The second kappa shape index (κ2) is 6.60. The van der Waals surface area contributed by atoms with Crippen molar-refractivity contribution in [2.24, 2.45) is 0 Å². The number of aryl methyl sites for hydroxylation is 1. The first-order valence-electron chi connectivity index (χ1n) is 6.83. The quantitative estimate of drug-likeness (QED) is 0.728. The number of hydrogen-bond acceptors (Lipinski definition) is 6. The van der Waals surface area contributed by atoms with E-state index in [-0.39, 0.29) is 12.0 Å². The van der Waals surface area contributed by atoms with Gasteiger partial charge in [0.05, 0.1) is 13.7 Å². The lowest BCUT2D eigenvalue weighted by Gasteiger charge is -2.33. The molecule has 2 heterocycles. The summed E-state index contributed by atoms with van der Waals surface area (Å²) in [5.74, 6) is 0.659. The summed E-state index contributed by atoms with van der Waals surface area (Å²) >= 11 is 0. The van der Waals surface area contributed by atoms with Gasteiger partial charge in [-0.3, -0.25) is 9.69 Å². The van der Waals surface area contributed by atoms with E-state index < -0.39 is 0 Å². The molecule has 0 aromatic carbocycles. The van der Waals surface area contributed by atoms with E-state index in [9.17, 15) is 4.79 Å². The van der Waals surface area contributed by atoms with E-state index in [1.54, 1.807) is 0 Å². The number of tetrazole rings is 1. The molecule has 0 N–H and O–H groups in total. The highest BCUT2D eigenvalue weighted by Gasteiger charge is 2.30. The van der Waals surface area contributed by atoms with E-state index in [2.05, 4.69) is 27.3 Å². The van der Waals surface area contributed by atoms with Gasteiger partial charge in [-0.2, -0.15) is 0 Å². The molecule has 1 aromatic heterocycles. The molecule has 1 fully saturated rings. The Balaban J connectivity index is 2.06. The zero-order chi connectivity index (χ0) is 13.7. The first-order chi connectivity index (χ1) is 9.26. The van der Waals surface area contributed by atoms with Crippen molar-refractivity contribution in [2.75, 3.05) is 13.7 Å². The van der Waals surface area contributed by atoms with Crippen molar-refractivity contribution in [3.8, 4) is 0 Å². The van der Waals surface area contributed by atoms with Crippen molar-refractivity contribution in [1.82, 2.24) is 25.1 Å². The summed E-state index contributed by atoms with van der Waals surface area (Å²) in [6.07, 6.45) is 4.00. The predicted octanol–water partition coefficient (Wildman–Crippen LogP) is 0.611. The highest BCUT2D eigenvalue weighted by Crippen LogP contribution is 2.19. The molecular formula is C12H21N5O2. The van der Waals surface area contributed by atoms with Gasteiger partial charge in [-0.05, 0) is 36.2 Å². The number of carbonyl (C=O) groups excluding carboxylic acids is 1. The molecule has 1 atom stereocenters. The van der Waals surface area contributed by atoms with Gasteiger partial charge >= 0.3 is 5.97 Å². The van der Waals surface area contributed by atoms with Crippen LogP contribution in [-0.2, 0) is 22.6 Å². The molecule has 106 valence electrons. The molecule has 2 rings (SSSR count). The smallest absolute Gasteiger partial charge is 0.323 e. The van der Waals surface area contributed by atoms with Crippen LogP contribution in [0.1, 0.15) is 38.4 Å². The third-order valence-electron chi connectivity index (χ3n) is 3.47. The van der Waals surface area contributed by atoms with Crippen LogP contribution in [0.4, 0.5) is 0 Å². The average molecular weight is 267 g/mol. The summed E-state index contributed by atoms with van der Waals surface area (Å²) in [6.45, 7) is 4.38. The van der Waals surface area contributed by atoms with Crippen LogP contribution < -0.4 is 0 Å². The Hall–Kier alpha value is -1.50. The van der Waals surface area contributed by atoms with Gasteiger partial charge in [0.2, 0.25) is 0 Å². The molecular weight excluding hydrogens is 246 g/mol. The van der Waals surface area contributed by atoms with Gasteiger partial charge in [0.1, 0.15) is 6.04 Å². The zero-order valence-electron chi connectivity index (χ0n) is 11.6. The summed E-state index contributed by atoms with van der Waals surface area (Å²) in [5, 5.41) is 11.7. The second-order valence-electron chi connectivity index (χ2n) is 4.82. The average Bonchev–Trinajstić information content (AvgIpc) is 2.86. The molecule has 0 aliphatic carbocycles. The van der Waals surface area contributed by atoms with Crippen molar-refractivity contribution in [1.29, 1.82) is 0 Å². The molecule has 0 spiro atoms. The van der Waals surface area contributed by atoms with Crippen molar-refractivity contribution >= 4 is 5.97 Å². The van der Waals surface area contributed by atoms with Crippen LogP contribution in [0.3, 0.4) is 0 Å². The Labute approximate surface area is 112 Å². The molecule has 7 nitrogen and oxygen atoms in total. The second-order valence-corrected chi connectivity index (χ2v) is 4.82. The van der Waals surface area contributed by atoms with Gasteiger partial charge in [-0.1, -0.05) is 13.3 Å². The standard InChI is InChI=1S/C12H21N5O2/c1-3-7-17-11(13-14-15-17)9-16-8-5-4-6-10(16)12(18)19-2/h10H,3-9H2,1-2H3. The van der Waals surface area contributed by atoms with Crippen LogP contribution in [0, 0.1) is 0 Å². The Morgan fingerprint density at radius 2 is 2.32 bits per heavy atom. The van der Waals surface area contributed by atoms with E-state index in [0.717, 1.165) is 44.6 Å². The van der Waals surface area contributed by atoms with Crippen molar-refractivity contribution in [3.05, 3.63) is 5.82 Å². The van der Waals surface area contributed by atoms with E-state index in [1.165, 1.54) is 7.11 Å². The number of likely N-dealkylation sites (tertiary alicyclic amines) is 1. The Bertz CT molecular complexity index is 420. The molecule has 1 aliphatic heterocycles. The van der Waals surface area contributed by atoms with E-state index >= 15 is 0 Å². The normalized spacial score (nSPS) is 20.4. The SMILES string of the molecule is CCCn1nnnc1CN1CCCCC1C(=O)OC. The van der Waals surface area contributed by atoms with Crippen LogP contribution in [0.25, 0.3) is 0 Å². The molecule has 1 aliphatic rings. The van der Waals surface area contributed by atoms with Gasteiger partial charge in [0, 0.05) is 6.54 Å². The monoisotopic (exact) mass is 267 g/mol. The maximum absolute atomic E-state index is 11.8. The van der Waals surface area contributed by atoms with Crippen LogP contribution in [0.15, 0.2) is 0 Å². The minimum atomic E-state index is -0.162. The number of nitrogens with zero attached hydrogens (tertiary/aromatic N) is 5. The number of rotatable bonds is 5. The van der Waals surface area contributed by atoms with E-state index in [4.69, 9.17) is 4.74 Å². The molecule has 1 saturated heterocycles. The Morgan fingerprint density at radius 1 is 1.47 bits per heavy atom. The third-order valence-corrected chi connectivity index (χ3v) is 3.47. The largest absolute Gasteiger partial charge is 0.468 e. The van der Waals surface area contributed by atoms with Crippen LogP contribution in [0.2, 0.25) is 0 Å². The maximum atomic E-state index is 11.8. The molecule has 7 heteroatoms. The fourth-order valence-electron chi connectivity index (χ4n) is 2.49. The molecule has 19 heavy (non-hydrogen) atoms. The first kappa shape index (κ1) is 13.9. The topological polar surface area (TPSA) is 73.1 Å². The van der Waals surface area contributed by atoms with Gasteiger partial charge in [-0.15, -0.1) is 5.10 Å². The lowest BCUT2D eigenvalue weighted by molar-refractivity contribution is -0.148. The summed E-state index contributed by atoms with van der Waals surface area (Å²) in [7, 11) is 1.44. The number of aromatic nitrogens is 4. The van der Waals surface area contributed by atoms with Crippen LogP contribution >= 0.6 is 0 Å². The number of ether oxygens (including phenoxy) is 1. The molecule has 0 saturated carbocycles.